The van der Waals surface area contributed by atoms with Crippen LogP contribution in [0.3, 0.4) is 0 Å². The lowest BCUT2D eigenvalue weighted by Crippen LogP contribution is -2.04. The van der Waals surface area contributed by atoms with E-state index in [1.165, 1.54) is 6.33 Å². The molecule has 2 aromatic rings. The van der Waals surface area contributed by atoms with Crippen molar-refractivity contribution in [2.75, 3.05) is 12.4 Å². The summed E-state index contributed by atoms with van der Waals surface area (Å²) in [5.41, 5.74) is 0.962. The molecule has 0 aliphatic rings. The Hall–Kier alpha value is -2.17. The van der Waals surface area contributed by atoms with Gasteiger partial charge in [-0.15, -0.1) is 0 Å². The van der Waals surface area contributed by atoms with E-state index in [0.717, 1.165) is 11.4 Å². The van der Waals surface area contributed by atoms with Gasteiger partial charge in [-0.2, -0.15) is 0 Å². The van der Waals surface area contributed by atoms with Gasteiger partial charge in [0.05, 0.1) is 11.8 Å². The van der Waals surface area contributed by atoms with Gasteiger partial charge in [0, 0.05) is 13.2 Å². The molecule has 5 heteroatoms. The highest BCUT2D eigenvalue weighted by Gasteiger charge is 2.15. The number of aromatic nitrogens is 3. The molecule has 0 spiro atoms. The van der Waals surface area contributed by atoms with Crippen LogP contribution in [0.2, 0.25) is 0 Å². The van der Waals surface area contributed by atoms with E-state index in [2.05, 4.69) is 34.1 Å². The van der Waals surface area contributed by atoms with E-state index in [-0.39, 0.29) is 5.92 Å². The van der Waals surface area contributed by atoms with Crippen LogP contribution in [0.15, 0.2) is 30.9 Å². The van der Waals surface area contributed by atoms with Crippen molar-refractivity contribution < 1.29 is 4.74 Å². The molecule has 0 aliphatic carbocycles. The first-order valence-corrected chi connectivity index (χ1v) is 5.83. The third-order valence-corrected chi connectivity index (χ3v) is 2.51. The molecule has 0 unspecified atom stereocenters. The minimum atomic E-state index is 0.264. The number of nitrogens with zero attached hydrogens (tertiary/aromatic N) is 3. The molecule has 2 heterocycles. The maximum atomic E-state index is 5.76. The standard InChI is InChI=1S/C13H16N4O/c1-9(2)11-12(14-3)16-8-17-13(11)18-10-5-4-6-15-7-10/h4-9H,1-3H3,(H,14,16,17). The van der Waals surface area contributed by atoms with Gasteiger partial charge in [0.1, 0.15) is 17.9 Å². The number of hydrogen-bond donors (Lipinski definition) is 1. The lowest BCUT2D eigenvalue weighted by molar-refractivity contribution is 0.450. The molecule has 0 saturated heterocycles. The fourth-order valence-corrected chi connectivity index (χ4v) is 1.70. The highest BCUT2D eigenvalue weighted by molar-refractivity contribution is 5.50. The summed E-state index contributed by atoms with van der Waals surface area (Å²) in [5, 5.41) is 3.06. The van der Waals surface area contributed by atoms with E-state index in [1.807, 2.05) is 19.2 Å². The second kappa shape index (κ2) is 5.44. The van der Waals surface area contributed by atoms with Crippen LogP contribution in [0.1, 0.15) is 25.3 Å². The Kier molecular flexibility index (Phi) is 3.72. The Bertz CT molecular complexity index is 514. The molecule has 0 saturated carbocycles. The fourth-order valence-electron chi connectivity index (χ4n) is 1.70. The summed E-state index contributed by atoms with van der Waals surface area (Å²) in [4.78, 5) is 12.4. The molecule has 0 radical (unpaired) electrons. The first-order valence-electron chi connectivity index (χ1n) is 5.83. The predicted molar refractivity (Wildman–Crippen MR) is 70.0 cm³/mol. The van der Waals surface area contributed by atoms with Crippen molar-refractivity contribution in [2.45, 2.75) is 19.8 Å². The highest BCUT2D eigenvalue weighted by atomic mass is 16.5. The molecular weight excluding hydrogens is 228 g/mol. The molecule has 0 aromatic carbocycles. The van der Waals surface area contributed by atoms with Crippen LogP contribution < -0.4 is 10.1 Å². The van der Waals surface area contributed by atoms with Crippen LogP contribution in [0.25, 0.3) is 0 Å². The Balaban J connectivity index is 2.38. The van der Waals surface area contributed by atoms with E-state index in [0.29, 0.717) is 11.6 Å². The van der Waals surface area contributed by atoms with Gasteiger partial charge >= 0.3 is 0 Å². The van der Waals surface area contributed by atoms with Crippen LogP contribution in [0.5, 0.6) is 11.6 Å². The highest BCUT2D eigenvalue weighted by Crippen LogP contribution is 2.32. The van der Waals surface area contributed by atoms with Gasteiger partial charge in [0.15, 0.2) is 0 Å². The number of nitrogens with one attached hydrogen (secondary N) is 1. The molecular formula is C13H16N4O. The minimum absolute atomic E-state index is 0.264. The van der Waals surface area contributed by atoms with Crippen molar-refractivity contribution in [3.05, 3.63) is 36.4 Å². The predicted octanol–water partition coefficient (Wildman–Crippen LogP) is 2.83. The van der Waals surface area contributed by atoms with Gasteiger partial charge < -0.3 is 10.1 Å². The Morgan fingerprint density at radius 1 is 1.28 bits per heavy atom. The molecule has 0 atom stereocenters. The third kappa shape index (κ3) is 2.56. The van der Waals surface area contributed by atoms with Crippen molar-refractivity contribution >= 4 is 5.82 Å². The summed E-state index contributed by atoms with van der Waals surface area (Å²) in [5.74, 6) is 2.29. The number of anilines is 1. The van der Waals surface area contributed by atoms with Crippen molar-refractivity contribution in [3.8, 4) is 11.6 Å². The topological polar surface area (TPSA) is 59.9 Å². The molecule has 0 aliphatic heterocycles. The minimum Gasteiger partial charge on any atom is -0.437 e. The summed E-state index contributed by atoms with van der Waals surface area (Å²) in [7, 11) is 1.84. The zero-order chi connectivity index (χ0) is 13.0. The summed E-state index contributed by atoms with van der Waals surface area (Å²) in [6.07, 6.45) is 4.85. The van der Waals surface area contributed by atoms with E-state index < -0.39 is 0 Å². The van der Waals surface area contributed by atoms with Gasteiger partial charge in [-0.25, -0.2) is 9.97 Å². The summed E-state index contributed by atoms with van der Waals surface area (Å²) < 4.78 is 5.76. The molecule has 0 fully saturated rings. The average molecular weight is 244 g/mol. The van der Waals surface area contributed by atoms with Gasteiger partial charge in [-0.3, -0.25) is 4.98 Å². The lowest BCUT2D eigenvalue weighted by Gasteiger charge is -2.15. The third-order valence-electron chi connectivity index (χ3n) is 2.51. The van der Waals surface area contributed by atoms with Crippen LogP contribution in [-0.4, -0.2) is 22.0 Å². The monoisotopic (exact) mass is 244 g/mol. The largest absolute Gasteiger partial charge is 0.437 e. The maximum absolute atomic E-state index is 5.76. The molecule has 1 N–H and O–H groups in total. The Morgan fingerprint density at radius 2 is 2.11 bits per heavy atom. The van der Waals surface area contributed by atoms with Crippen LogP contribution in [0, 0.1) is 0 Å². The van der Waals surface area contributed by atoms with E-state index in [1.54, 1.807) is 12.4 Å². The number of ether oxygens (including phenoxy) is 1. The number of pyridine rings is 1. The van der Waals surface area contributed by atoms with Gasteiger partial charge in [0.25, 0.3) is 0 Å². The lowest BCUT2D eigenvalue weighted by atomic mass is 10.1. The zero-order valence-electron chi connectivity index (χ0n) is 10.7. The zero-order valence-corrected chi connectivity index (χ0v) is 10.7. The molecule has 0 amide bonds. The molecule has 0 bridgehead atoms. The number of rotatable bonds is 4. The van der Waals surface area contributed by atoms with Crippen molar-refractivity contribution in [1.82, 2.24) is 15.0 Å². The van der Waals surface area contributed by atoms with Crippen molar-refractivity contribution in [1.29, 1.82) is 0 Å². The Morgan fingerprint density at radius 3 is 2.72 bits per heavy atom. The molecule has 18 heavy (non-hydrogen) atoms. The average Bonchev–Trinajstić information content (AvgIpc) is 2.39. The van der Waals surface area contributed by atoms with Crippen LogP contribution in [0.4, 0.5) is 5.82 Å². The SMILES string of the molecule is CNc1ncnc(Oc2cccnc2)c1C(C)C. The summed E-state index contributed by atoms with van der Waals surface area (Å²) in [6, 6.07) is 3.67. The first-order chi connectivity index (χ1) is 8.72. The molecule has 2 rings (SSSR count). The van der Waals surface area contributed by atoms with E-state index in [4.69, 9.17) is 4.74 Å². The van der Waals surface area contributed by atoms with E-state index in [9.17, 15) is 0 Å². The Labute approximate surface area is 106 Å². The van der Waals surface area contributed by atoms with Gasteiger partial charge in [-0.05, 0) is 18.1 Å². The van der Waals surface area contributed by atoms with Crippen molar-refractivity contribution in [2.24, 2.45) is 0 Å². The normalized spacial score (nSPS) is 10.4. The second-order valence-electron chi connectivity index (χ2n) is 4.14. The van der Waals surface area contributed by atoms with E-state index >= 15 is 0 Å². The van der Waals surface area contributed by atoms with Gasteiger partial charge in [-0.1, -0.05) is 13.8 Å². The first kappa shape index (κ1) is 12.3. The van der Waals surface area contributed by atoms with Crippen LogP contribution >= 0.6 is 0 Å². The fraction of sp³-hybridized carbons (Fsp3) is 0.308. The quantitative estimate of drug-likeness (QED) is 0.896. The maximum Gasteiger partial charge on any atom is 0.227 e. The molecule has 94 valence electrons. The summed E-state index contributed by atoms with van der Waals surface area (Å²) in [6.45, 7) is 4.16. The second-order valence-corrected chi connectivity index (χ2v) is 4.14. The summed E-state index contributed by atoms with van der Waals surface area (Å²) >= 11 is 0. The van der Waals surface area contributed by atoms with Crippen molar-refractivity contribution in [3.63, 3.8) is 0 Å². The molecule has 5 nitrogen and oxygen atoms in total. The van der Waals surface area contributed by atoms with Crippen LogP contribution in [-0.2, 0) is 0 Å². The smallest absolute Gasteiger partial charge is 0.227 e. The molecule has 2 aromatic heterocycles. The van der Waals surface area contributed by atoms with Gasteiger partial charge in [0.2, 0.25) is 5.88 Å². The number of hydrogen-bond acceptors (Lipinski definition) is 5.